The van der Waals surface area contributed by atoms with Gasteiger partial charge in [0, 0.05) is 17.1 Å². The molecule has 1 aromatic carbocycles. The number of aryl methyl sites for hydroxylation is 1. The minimum absolute atomic E-state index is 1.03. The van der Waals surface area contributed by atoms with Gasteiger partial charge in [-0.3, -0.25) is 4.98 Å². The predicted octanol–water partition coefficient (Wildman–Crippen LogP) is 3.28. The number of para-hydroxylation sites is 1. The third kappa shape index (κ3) is 1.14. The minimum atomic E-state index is 1.03. The van der Waals surface area contributed by atoms with E-state index in [1.165, 1.54) is 22.0 Å². The maximum atomic E-state index is 4.45. The first-order chi connectivity index (χ1) is 7.40. The first-order valence-electron chi connectivity index (χ1n) is 5.24. The molecule has 0 saturated heterocycles. The zero-order valence-corrected chi connectivity index (χ0v) is 8.62. The molecule has 2 heteroatoms. The molecule has 0 atom stereocenters. The third-order valence-electron chi connectivity index (χ3n) is 2.86. The molecule has 0 saturated carbocycles. The number of hydrogen-bond donors (Lipinski definition) is 1. The second-order valence-electron chi connectivity index (χ2n) is 3.72. The molecule has 3 rings (SSSR count). The van der Waals surface area contributed by atoms with Gasteiger partial charge in [0.25, 0.3) is 0 Å². The topological polar surface area (TPSA) is 28.7 Å². The fourth-order valence-corrected chi connectivity index (χ4v) is 2.07. The maximum absolute atomic E-state index is 4.45. The van der Waals surface area contributed by atoms with Crippen molar-refractivity contribution in [1.29, 1.82) is 0 Å². The molecule has 0 amide bonds. The number of rotatable bonds is 1. The Hall–Kier alpha value is -1.83. The fraction of sp³-hybridized carbons (Fsp3) is 0.154. The van der Waals surface area contributed by atoms with E-state index in [1.807, 2.05) is 12.3 Å². The van der Waals surface area contributed by atoms with Crippen LogP contribution in [0, 0.1) is 0 Å². The van der Waals surface area contributed by atoms with Crippen molar-refractivity contribution in [1.82, 2.24) is 9.97 Å². The number of H-pyrrole nitrogens is 1. The van der Waals surface area contributed by atoms with E-state index >= 15 is 0 Å². The van der Waals surface area contributed by atoms with Crippen molar-refractivity contribution in [3.63, 3.8) is 0 Å². The average Bonchev–Trinajstić information content (AvgIpc) is 2.67. The van der Waals surface area contributed by atoms with Gasteiger partial charge in [-0.2, -0.15) is 0 Å². The van der Waals surface area contributed by atoms with Gasteiger partial charge in [0.1, 0.15) is 0 Å². The van der Waals surface area contributed by atoms with Gasteiger partial charge in [0.2, 0.25) is 0 Å². The Morgan fingerprint density at radius 1 is 1.20 bits per heavy atom. The molecule has 0 aliphatic heterocycles. The van der Waals surface area contributed by atoms with E-state index in [0.29, 0.717) is 0 Å². The van der Waals surface area contributed by atoms with Crippen LogP contribution in [0.25, 0.3) is 21.9 Å². The third-order valence-corrected chi connectivity index (χ3v) is 2.86. The van der Waals surface area contributed by atoms with Gasteiger partial charge in [0.15, 0.2) is 0 Å². The molecule has 0 spiro atoms. The van der Waals surface area contributed by atoms with Gasteiger partial charge >= 0.3 is 0 Å². The molecule has 0 bridgehead atoms. The summed E-state index contributed by atoms with van der Waals surface area (Å²) in [5, 5.41) is 1.21. The summed E-state index contributed by atoms with van der Waals surface area (Å²) in [6.07, 6.45) is 2.92. The van der Waals surface area contributed by atoms with Gasteiger partial charge in [-0.15, -0.1) is 0 Å². The maximum Gasteiger partial charge on any atom is 0.0960 e. The summed E-state index contributed by atoms with van der Waals surface area (Å²) in [5.41, 5.74) is 4.77. The second kappa shape index (κ2) is 3.09. The SMILES string of the molecule is CCc1ccnc2c1[nH]c1ccccc12. The molecule has 74 valence electrons. The lowest BCUT2D eigenvalue weighted by Gasteiger charge is -1.96. The van der Waals surface area contributed by atoms with Crippen LogP contribution in [-0.2, 0) is 6.42 Å². The van der Waals surface area contributed by atoms with Crippen LogP contribution < -0.4 is 0 Å². The number of aromatic nitrogens is 2. The van der Waals surface area contributed by atoms with E-state index in [9.17, 15) is 0 Å². The van der Waals surface area contributed by atoms with Crippen LogP contribution in [0.15, 0.2) is 36.5 Å². The Morgan fingerprint density at radius 2 is 2.07 bits per heavy atom. The highest BCUT2D eigenvalue weighted by atomic mass is 14.8. The Morgan fingerprint density at radius 3 is 2.93 bits per heavy atom. The minimum Gasteiger partial charge on any atom is -0.353 e. The Bertz CT molecular complexity index is 623. The zero-order valence-electron chi connectivity index (χ0n) is 8.62. The van der Waals surface area contributed by atoms with Gasteiger partial charge in [0.05, 0.1) is 11.0 Å². The van der Waals surface area contributed by atoms with E-state index < -0.39 is 0 Å². The Labute approximate surface area is 88.0 Å². The summed E-state index contributed by atoms with van der Waals surface area (Å²) < 4.78 is 0. The van der Waals surface area contributed by atoms with E-state index in [2.05, 4.69) is 41.2 Å². The monoisotopic (exact) mass is 196 g/mol. The molecule has 2 aromatic heterocycles. The lowest BCUT2D eigenvalue weighted by molar-refractivity contribution is 1.14. The molecule has 0 aliphatic rings. The highest BCUT2D eigenvalue weighted by molar-refractivity contribution is 6.05. The van der Waals surface area contributed by atoms with Crippen LogP contribution in [0.4, 0.5) is 0 Å². The first kappa shape index (κ1) is 8.48. The van der Waals surface area contributed by atoms with Crippen molar-refractivity contribution in [2.24, 2.45) is 0 Å². The summed E-state index contributed by atoms with van der Waals surface area (Å²) in [6, 6.07) is 10.4. The normalized spacial score (nSPS) is 11.3. The highest BCUT2D eigenvalue weighted by Crippen LogP contribution is 2.25. The lowest BCUT2D eigenvalue weighted by Crippen LogP contribution is -1.83. The molecule has 2 heterocycles. The number of nitrogens with zero attached hydrogens (tertiary/aromatic N) is 1. The van der Waals surface area contributed by atoms with Crippen LogP contribution in [-0.4, -0.2) is 9.97 Å². The fourth-order valence-electron chi connectivity index (χ4n) is 2.07. The molecule has 0 unspecified atom stereocenters. The van der Waals surface area contributed by atoms with Crippen molar-refractivity contribution in [3.05, 3.63) is 42.1 Å². The van der Waals surface area contributed by atoms with Crippen molar-refractivity contribution >= 4 is 21.9 Å². The molecule has 0 aliphatic carbocycles. The first-order valence-corrected chi connectivity index (χ1v) is 5.24. The van der Waals surface area contributed by atoms with Crippen LogP contribution >= 0.6 is 0 Å². The number of fused-ring (bicyclic) bond motifs is 3. The summed E-state index contributed by atoms with van der Waals surface area (Å²) in [5.74, 6) is 0. The molecular formula is C13H12N2. The largest absolute Gasteiger partial charge is 0.353 e. The van der Waals surface area contributed by atoms with Crippen LogP contribution in [0.3, 0.4) is 0 Å². The number of aromatic amines is 1. The van der Waals surface area contributed by atoms with Gasteiger partial charge < -0.3 is 4.98 Å². The van der Waals surface area contributed by atoms with Crippen molar-refractivity contribution in [2.75, 3.05) is 0 Å². The summed E-state index contributed by atoms with van der Waals surface area (Å²) in [7, 11) is 0. The summed E-state index contributed by atoms with van der Waals surface area (Å²) in [6.45, 7) is 2.17. The van der Waals surface area contributed by atoms with E-state index in [0.717, 1.165) is 11.9 Å². The van der Waals surface area contributed by atoms with E-state index in [-0.39, 0.29) is 0 Å². The quantitative estimate of drug-likeness (QED) is 0.635. The van der Waals surface area contributed by atoms with E-state index in [4.69, 9.17) is 0 Å². The van der Waals surface area contributed by atoms with Crippen LogP contribution in [0.5, 0.6) is 0 Å². The molecular weight excluding hydrogens is 184 g/mol. The molecule has 0 fully saturated rings. The summed E-state index contributed by atoms with van der Waals surface area (Å²) in [4.78, 5) is 7.88. The van der Waals surface area contributed by atoms with Crippen LogP contribution in [0.2, 0.25) is 0 Å². The van der Waals surface area contributed by atoms with Gasteiger partial charge in [-0.25, -0.2) is 0 Å². The van der Waals surface area contributed by atoms with Gasteiger partial charge in [-0.05, 0) is 24.1 Å². The van der Waals surface area contributed by atoms with Crippen molar-refractivity contribution in [3.8, 4) is 0 Å². The molecule has 15 heavy (non-hydrogen) atoms. The smallest absolute Gasteiger partial charge is 0.0960 e. The van der Waals surface area contributed by atoms with Crippen molar-refractivity contribution < 1.29 is 0 Å². The number of pyridine rings is 1. The Balaban J connectivity index is 2.53. The lowest BCUT2D eigenvalue weighted by atomic mass is 10.1. The highest BCUT2D eigenvalue weighted by Gasteiger charge is 2.06. The number of hydrogen-bond acceptors (Lipinski definition) is 1. The van der Waals surface area contributed by atoms with Gasteiger partial charge in [-0.1, -0.05) is 25.1 Å². The average molecular weight is 196 g/mol. The zero-order chi connectivity index (χ0) is 10.3. The molecule has 3 aromatic rings. The molecule has 1 N–H and O–H groups in total. The predicted molar refractivity (Wildman–Crippen MR) is 63.0 cm³/mol. The Kier molecular flexibility index (Phi) is 1.75. The molecule has 2 nitrogen and oxygen atoms in total. The van der Waals surface area contributed by atoms with E-state index in [1.54, 1.807) is 0 Å². The van der Waals surface area contributed by atoms with Crippen molar-refractivity contribution in [2.45, 2.75) is 13.3 Å². The number of nitrogens with one attached hydrogen (secondary N) is 1. The molecule has 0 radical (unpaired) electrons. The van der Waals surface area contributed by atoms with Crippen LogP contribution in [0.1, 0.15) is 12.5 Å². The number of benzene rings is 1. The second-order valence-corrected chi connectivity index (χ2v) is 3.72. The standard InChI is InChI=1S/C13H12N2/c1-2-9-7-8-14-13-10-5-3-4-6-11(10)15-12(9)13/h3-8,15H,2H2,1H3. The summed E-state index contributed by atoms with van der Waals surface area (Å²) >= 11 is 0.